The largest absolute Gasteiger partial charge is 0.338 e. The van der Waals surface area contributed by atoms with E-state index >= 15 is 0 Å². The minimum atomic E-state index is 0.0911. The lowest BCUT2D eigenvalue weighted by Crippen LogP contribution is -2.45. The molecule has 1 N–H and O–H groups in total. The van der Waals surface area contributed by atoms with Crippen molar-refractivity contribution >= 4 is 6.03 Å². The fourth-order valence-electron chi connectivity index (χ4n) is 3.66. The monoisotopic (exact) mass is 354 g/mol. The molecule has 0 atom stereocenters. The van der Waals surface area contributed by atoms with Crippen LogP contribution in [0.4, 0.5) is 4.79 Å². The Kier molecular flexibility index (Phi) is 6.69. The van der Waals surface area contributed by atoms with Gasteiger partial charge in [-0.2, -0.15) is 0 Å². The first-order valence-corrected chi connectivity index (χ1v) is 9.83. The maximum absolute atomic E-state index is 12.3. The van der Waals surface area contributed by atoms with Gasteiger partial charge < -0.3 is 14.8 Å². The number of imidazole rings is 1. The molecule has 0 bridgehead atoms. The molecular weight excluding hydrogens is 324 g/mol. The normalized spacial score (nSPS) is 15.2. The number of piperidine rings is 1. The minimum Gasteiger partial charge on any atom is -0.338 e. The number of carbonyl (C=O) groups excluding carboxylic acids is 1. The van der Waals surface area contributed by atoms with Crippen LogP contribution in [0, 0.1) is 5.92 Å². The number of likely N-dealkylation sites (tertiary alicyclic amines) is 1. The Labute approximate surface area is 156 Å². The average molecular weight is 354 g/mol. The van der Waals surface area contributed by atoms with E-state index in [4.69, 9.17) is 0 Å². The highest BCUT2D eigenvalue weighted by molar-refractivity contribution is 5.74. The molecule has 5 heteroatoms. The summed E-state index contributed by atoms with van der Waals surface area (Å²) in [6.07, 6.45) is 9.05. The van der Waals surface area contributed by atoms with E-state index in [0.717, 1.165) is 64.1 Å². The Balaban J connectivity index is 1.34. The third-order valence-corrected chi connectivity index (χ3v) is 5.24. The molecule has 26 heavy (non-hydrogen) atoms. The quantitative estimate of drug-likeness (QED) is 0.774. The first-order chi connectivity index (χ1) is 12.8. The van der Waals surface area contributed by atoms with Crippen LogP contribution in [0.5, 0.6) is 0 Å². The Morgan fingerprint density at radius 1 is 1.23 bits per heavy atom. The number of benzene rings is 1. The number of nitrogens with zero attached hydrogens (tertiary/aromatic N) is 3. The standard InChI is InChI=1S/C21H30N4O/c1-2-20-22-13-16-25(20)17-19-10-14-24(15-11-19)21(26)23-12-6-9-18-7-4-3-5-8-18/h3-5,7-8,13,16,19H,2,6,9-12,14-15,17H2,1H3,(H,23,26). The third-order valence-electron chi connectivity index (χ3n) is 5.24. The van der Waals surface area contributed by atoms with E-state index in [1.807, 2.05) is 17.2 Å². The number of nitrogens with one attached hydrogen (secondary N) is 1. The topological polar surface area (TPSA) is 50.2 Å². The van der Waals surface area contributed by atoms with Gasteiger partial charge in [-0.1, -0.05) is 37.3 Å². The van der Waals surface area contributed by atoms with Gasteiger partial charge in [-0.25, -0.2) is 9.78 Å². The highest BCUT2D eigenvalue weighted by Gasteiger charge is 2.23. The van der Waals surface area contributed by atoms with Crippen LogP contribution in [-0.4, -0.2) is 40.1 Å². The summed E-state index contributed by atoms with van der Waals surface area (Å²) in [4.78, 5) is 18.7. The van der Waals surface area contributed by atoms with Crippen molar-refractivity contribution in [3.05, 3.63) is 54.1 Å². The van der Waals surface area contributed by atoms with Crippen molar-refractivity contribution in [2.24, 2.45) is 5.92 Å². The van der Waals surface area contributed by atoms with Gasteiger partial charge in [-0.05, 0) is 37.2 Å². The fraction of sp³-hybridized carbons (Fsp3) is 0.524. The van der Waals surface area contributed by atoms with Crippen molar-refractivity contribution in [3.8, 4) is 0 Å². The van der Waals surface area contributed by atoms with Gasteiger partial charge in [0.05, 0.1) is 0 Å². The van der Waals surface area contributed by atoms with Crippen molar-refractivity contribution in [2.75, 3.05) is 19.6 Å². The molecule has 1 aliphatic heterocycles. The molecule has 0 radical (unpaired) electrons. The van der Waals surface area contributed by atoms with Gasteiger partial charge in [0.1, 0.15) is 5.82 Å². The maximum Gasteiger partial charge on any atom is 0.317 e. The molecule has 0 saturated carbocycles. The van der Waals surface area contributed by atoms with Gasteiger partial charge >= 0.3 is 6.03 Å². The predicted octanol–water partition coefficient (Wildman–Crippen LogP) is 3.50. The highest BCUT2D eigenvalue weighted by atomic mass is 16.2. The van der Waals surface area contributed by atoms with Crippen molar-refractivity contribution in [3.63, 3.8) is 0 Å². The van der Waals surface area contributed by atoms with Gasteiger partial charge in [0, 0.05) is 45.0 Å². The van der Waals surface area contributed by atoms with Crippen LogP contribution in [0.15, 0.2) is 42.7 Å². The fourth-order valence-corrected chi connectivity index (χ4v) is 3.66. The molecular formula is C21H30N4O. The summed E-state index contributed by atoms with van der Waals surface area (Å²) >= 11 is 0. The molecule has 1 fully saturated rings. The van der Waals surface area contributed by atoms with Crippen molar-refractivity contribution in [1.82, 2.24) is 19.8 Å². The molecule has 2 heterocycles. The number of hydrogen-bond acceptors (Lipinski definition) is 2. The number of amides is 2. The molecule has 140 valence electrons. The maximum atomic E-state index is 12.3. The van der Waals surface area contributed by atoms with E-state index in [1.165, 1.54) is 5.56 Å². The molecule has 1 saturated heterocycles. The zero-order chi connectivity index (χ0) is 18.2. The van der Waals surface area contributed by atoms with Gasteiger partial charge in [0.15, 0.2) is 0 Å². The van der Waals surface area contributed by atoms with Gasteiger partial charge in [-0.3, -0.25) is 0 Å². The lowest BCUT2D eigenvalue weighted by molar-refractivity contribution is 0.165. The molecule has 3 rings (SSSR count). The van der Waals surface area contributed by atoms with E-state index < -0.39 is 0 Å². The molecule has 1 aromatic heterocycles. The Bertz CT molecular complexity index is 674. The number of urea groups is 1. The second kappa shape index (κ2) is 9.41. The van der Waals surface area contributed by atoms with Gasteiger partial charge in [-0.15, -0.1) is 0 Å². The average Bonchev–Trinajstić information content (AvgIpc) is 3.13. The first kappa shape index (κ1) is 18.5. The molecule has 1 aliphatic rings. The van der Waals surface area contributed by atoms with Crippen LogP contribution in [-0.2, 0) is 19.4 Å². The Hall–Kier alpha value is -2.30. The summed E-state index contributed by atoms with van der Waals surface area (Å²) in [6.45, 7) is 5.61. The van der Waals surface area contributed by atoms with E-state index in [-0.39, 0.29) is 6.03 Å². The Morgan fingerprint density at radius 3 is 2.73 bits per heavy atom. The molecule has 0 aliphatic carbocycles. The van der Waals surface area contributed by atoms with E-state index in [1.54, 1.807) is 0 Å². The molecule has 2 amide bonds. The van der Waals surface area contributed by atoms with E-state index in [0.29, 0.717) is 5.92 Å². The smallest absolute Gasteiger partial charge is 0.317 e. The van der Waals surface area contributed by atoms with Crippen molar-refractivity contribution in [1.29, 1.82) is 0 Å². The van der Waals surface area contributed by atoms with Crippen LogP contribution >= 0.6 is 0 Å². The zero-order valence-electron chi connectivity index (χ0n) is 15.7. The predicted molar refractivity (Wildman–Crippen MR) is 104 cm³/mol. The van der Waals surface area contributed by atoms with Crippen molar-refractivity contribution < 1.29 is 4.79 Å². The number of aromatic nitrogens is 2. The first-order valence-electron chi connectivity index (χ1n) is 9.83. The summed E-state index contributed by atoms with van der Waals surface area (Å²) < 4.78 is 2.27. The van der Waals surface area contributed by atoms with Crippen LogP contribution < -0.4 is 5.32 Å². The molecule has 0 spiro atoms. The lowest BCUT2D eigenvalue weighted by Gasteiger charge is -2.32. The molecule has 1 aromatic carbocycles. The molecule has 0 unspecified atom stereocenters. The summed E-state index contributed by atoms with van der Waals surface area (Å²) in [6, 6.07) is 10.5. The third kappa shape index (κ3) is 5.10. The summed E-state index contributed by atoms with van der Waals surface area (Å²) in [5.74, 6) is 1.79. The zero-order valence-corrected chi connectivity index (χ0v) is 15.7. The summed E-state index contributed by atoms with van der Waals surface area (Å²) in [5, 5.41) is 3.07. The number of rotatable bonds is 7. The van der Waals surface area contributed by atoms with Crippen LogP contribution in [0.1, 0.15) is 37.6 Å². The summed E-state index contributed by atoms with van der Waals surface area (Å²) in [7, 11) is 0. The number of aryl methyl sites for hydroxylation is 2. The number of carbonyl (C=O) groups is 1. The van der Waals surface area contributed by atoms with E-state index in [2.05, 4.69) is 52.3 Å². The van der Waals surface area contributed by atoms with E-state index in [9.17, 15) is 4.79 Å². The number of hydrogen-bond donors (Lipinski definition) is 1. The second-order valence-corrected chi connectivity index (χ2v) is 7.10. The minimum absolute atomic E-state index is 0.0911. The summed E-state index contributed by atoms with van der Waals surface area (Å²) in [5.41, 5.74) is 1.33. The van der Waals surface area contributed by atoms with Gasteiger partial charge in [0.2, 0.25) is 0 Å². The lowest BCUT2D eigenvalue weighted by atomic mass is 9.97. The van der Waals surface area contributed by atoms with Crippen LogP contribution in [0.2, 0.25) is 0 Å². The van der Waals surface area contributed by atoms with Crippen LogP contribution in [0.25, 0.3) is 0 Å². The second-order valence-electron chi connectivity index (χ2n) is 7.10. The highest BCUT2D eigenvalue weighted by Crippen LogP contribution is 2.20. The van der Waals surface area contributed by atoms with Crippen LogP contribution in [0.3, 0.4) is 0 Å². The molecule has 5 nitrogen and oxygen atoms in total. The molecule has 2 aromatic rings. The Morgan fingerprint density at radius 2 is 2.00 bits per heavy atom. The van der Waals surface area contributed by atoms with Gasteiger partial charge in [0.25, 0.3) is 0 Å². The van der Waals surface area contributed by atoms with Crippen molar-refractivity contribution in [2.45, 2.75) is 45.6 Å². The SMILES string of the molecule is CCc1nccn1CC1CCN(C(=O)NCCCc2ccccc2)CC1.